The van der Waals surface area contributed by atoms with Gasteiger partial charge in [-0.25, -0.2) is 0 Å². The summed E-state index contributed by atoms with van der Waals surface area (Å²) in [6, 6.07) is 8.29. The molecule has 1 unspecified atom stereocenters. The van der Waals surface area contributed by atoms with Gasteiger partial charge in [0.05, 0.1) is 5.54 Å². The Morgan fingerprint density at radius 2 is 2.12 bits per heavy atom. The van der Waals surface area contributed by atoms with Gasteiger partial charge in [0.1, 0.15) is 0 Å². The van der Waals surface area contributed by atoms with Gasteiger partial charge in [-0.3, -0.25) is 0 Å². The second-order valence-electron chi connectivity index (χ2n) is 4.99. The van der Waals surface area contributed by atoms with Crippen LogP contribution in [0.1, 0.15) is 32.6 Å². The monoisotopic (exact) mass is 296 g/mol. The second-order valence-corrected chi connectivity index (χ2v) is 5.84. The van der Waals surface area contributed by atoms with E-state index < -0.39 is 0 Å². The highest BCUT2D eigenvalue weighted by Crippen LogP contribution is 2.44. The van der Waals surface area contributed by atoms with E-state index in [9.17, 15) is 0 Å². The van der Waals surface area contributed by atoms with E-state index in [-0.39, 0.29) is 5.54 Å². The first-order chi connectivity index (χ1) is 8.22. The van der Waals surface area contributed by atoms with Gasteiger partial charge in [-0.1, -0.05) is 25.5 Å². The first kappa shape index (κ1) is 12.9. The maximum atomic E-state index is 6.05. The topological polar surface area (TPSA) is 38.0 Å². The lowest BCUT2D eigenvalue weighted by atomic mass is 9.87. The quantitative estimate of drug-likeness (QED) is 0.839. The van der Waals surface area contributed by atoms with Gasteiger partial charge in [0, 0.05) is 16.7 Å². The van der Waals surface area contributed by atoms with Crippen molar-refractivity contribution in [3.8, 4) is 0 Å². The van der Waals surface area contributed by atoms with Gasteiger partial charge in [-0.15, -0.1) is 0 Å². The number of nitrogens with two attached hydrogens (primary N) is 1. The van der Waals surface area contributed by atoms with Crippen molar-refractivity contribution in [3.63, 3.8) is 0 Å². The summed E-state index contributed by atoms with van der Waals surface area (Å²) >= 11 is 3.60. The van der Waals surface area contributed by atoms with Crippen molar-refractivity contribution in [2.45, 2.75) is 38.1 Å². The molecule has 2 rings (SSSR count). The molecule has 1 fully saturated rings. The molecule has 2 nitrogen and oxygen atoms in total. The summed E-state index contributed by atoms with van der Waals surface area (Å²) < 4.78 is 1.12. The summed E-state index contributed by atoms with van der Waals surface area (Å²) in [7, 11) is 0. The van der Waals surface area contributed by atoms with Gasteiger partial charge in [0.15, 0.2) is 0 Å². The standard InChI is InChI=1S/C14H21BrN2/c1-2-9-14(10-16,11-7-8-11)17-13-6-4-3-5-12(13)15/h3-6,11,17H,2,7-10,16H2,1H3. The molecular weight excluding hydrogens is 276 g/mol. The number of halogens is 1. The Bertz CT molecular complexity index is 376. The molecule has 3 N–H and O–H groups in total. The molecule has 1 aliphatic rings. The van der Waals surface area contributed by atoms with Crippen molar-refractivity contribution in [2.24, 2.45) is 11.7 Å². The third kappa shape index (κ3) is 2.83. The molecule has 0 bridgehead atoms. The van der Waals surface area contributed by atoms with Crippen molar-refractivity contribution in [1.82, 2.24) is 0 Å². The van der Waals surface area contributed by atoms with Gasteiger partial charge in [0.2, 0.25) is 0 Å². The van der Waals surface area contributed by atoms with Crippen LogP contribution < -0.4 is 11.1 Å². The molecule has 0 radical (unpaired) electrons. The smallest absolute Gasteiger partial charge is 0.0524 e. The number of para-hydroxylation sites is 1. The number of benzene rings is 1. The minimum Gasteiger partial charge on any atom is -0.377 e. The van der Waals surface area contributed by atoms with Crippen molar-refractivity contribution in [2.75, 3.05) is 11.9 Å². The first-order valence-electron chi connectivity index (χ1n) is 6.44. The van der Waals surface area contributed by atoms with Crippen LogP contribution >= 0.6 is 15.9 Å². The van der Waals surface area contributed by atoms with Crippen LogP contribution in [0.15, 0.2) is 28.7 Å². The minimum atomic E-state index is 0.0959. The zero-order valence-corrected chi connectivity index (χ0v) is 12.0. The van der Waals surface area contributed by atoms with E-state index in [1.54, 1.807) is 0 Å². The molecule has 0 heterocycles. The summed E-state index contributed by atoms with van der Waals surface area (Å²) in [5.41, 5.74) is 7.32. The molecule has 0 aromatic heterocycles. The fourth-order valence-electron chi connectivity index (χ4n) is 2.60. The normalized spacial score (nSPS) is 18.8. The van der Waals surface area contributed by atoms with Crippen LogP contribution in [0.5, 0.6) is 0 Å². The maximum Gasteiger partial charge on any atom is 0.0524 e. The molecule has 94 valence electrons. The summed E-state index contributed by atoms with van der Waals surface area (Å²) in [6.07, 6.45) is 4.95. The van der Waals surface area contributed by atoms with Crippen LogP contribution in [0.25, 0.3) is 0 Å². The molecule has 0 aliphatic heterocycles. The highest BCUT2D eigenvalue weighted by atomic mass is 79.9. The van der Waals surface area contributed by atoms with E-state index in [0.717, 1.165) is 16.8 Å². The Morgan fingerprint density at radius 3 is 2.65 bits per heavy atom. The Balaban J connectivity index is 2.20. The van der Waals surface area contributed by atoms with Crippen molar-refractivity contribution < 1.29 is 0 Å². The number of rotatable bonds is 6. The molecule has 0 saturated heterocycles. The Kier molecular flexibility index (Phi) is 4.10. The highest BCUT2D eigenvalue weighted by molar-refractivity contribution is 9.10. The molecule has 0 spiro atoms. The van der Waals surface area contributed by atoms with Crippen molar-refractivity contribution in [3.05, 3.63) is 28.7 Å². The number of nitrogens with one attached hydrogen (secondary N) is 1. The first-order valence-corrected chi connectivity index (χ1v) is 7.24. The molecule has 0 amide bonds. The van der Waals surface area contributed by atoms with Gasteiger partial charge in [0.25, 0.3) is 0 Å². The summed E-state index contributed by atoms with van der Waals surface area (Å²) in [4.78, 5) is 0. The Morgan fingerprint density at radius 1 is 1.41 bits per heavy atom. The van der Waals surface area contributed by atoms with E-state index in [0.29, 0.717) is 6.54 Å². The fraction of sp³-hybridized carbons (Fsp3) is 0.571. The molecule has 17 heavy (non-hydrogen) atoms. The van der Waals surface area contributed by atoms with E-state index in [2.05, 4.69) is 46.4 Å². The molecule has 1 saturated carbocycles. The predicted molar refractivity (Wildman–Crippen MR) is 77.2 cm³/mol. The largest absolute Gasteiger partial charge is 0.377 e. The molecular formula is C14H21BrN2. The van der Waals surface area contributed by atoms with Crippen LogP contribution in [-0.2, 0) is 0 Å². The van der Waals surface area contributed by atoms with Gasteiger partial charge < -0.3 is 11.1 Å². The number of hydrogen-bond donors (Lipinski definition) is 2. The zero-order valence-electron chi connectivity index (χ0n) is 10.4. The predicted octanol–water partition coefficient (Wildman–Crippen LogP) is 3.77. The molecule has 1 aromatic rings. The summed E-state index contributed by atoms with van der Waals surface area (Å²) in [6.45, 7) is 2.95. The Labute approximate surface area is 112 Å². The summed E-state index contributed by atoms with van der Waals surface area (Å²) in [5.74, 6) is 0.750. The average Bonchev–Trinajstić information content (AvgIpc) is 3.15. The second kappa shape index (κ2) is 5.40. The molecule has 1 atom stereocenters. The van der Waals surface area contributed by atoms with E-state index in [1.807, 2.05) is 6.07 Å². The lowest BCUT2D eigenvalue weighted by molar-refractivity contribution is 0.384. The van der Waals surface area contributed by atoms with Gasteiger partial charge in [-0.05, 0) is 53.2 Å². The molecule has 3 heteroatoms. The van der Waals surface area contributed by atoms with Crippen LogP contribution in [0, 0.1) is 5.92 Å². The SMILES string of the molecule is CCCC(CN)(Nc1ccccc1Br)C1CC1. The third-order valence-corrected chi connectivity index (χ3v) is 4.37. The van der Waals surface area contributed by atoms with Crippen LogP contribution in [0.2, 0.25) is 0 Å². The molecule has 1 aromatic carbocycles. The van der Waals surface area contributed by atoms with E-state index >= 15 is 0 Å². The van der Waals surface area contributed by atoms with Crippen LogP contribution in [0.4, 0.5) is 5.69 Å². The van der Waals surface area contributed by atoms with E-state index in [4.69, 9.17) is 5.73 Å². The zero-order chi connectivity index (χ0) is 12.3. The van der Waals surface area contributed by atoms with E-state index in [1.165, 1.54) is 24.9 Å². The van der Waals surface area contributed by atoms with Crippen LogP contribution in [-0.4, -0.2) is 12.1 Å². The lowest BCUT2D eigenvalue weighted by Gasteiger charge is -2.35. The lowest BCUT2D eigenvalue weighted by Crippen LogP contribution is -2.47. The number of anilines is 1. The van der Waals surface area contributed by atoms with Crippen molar-refractivity contribution >= 4 is 21.6 Å². The van der Waals surface area contributed by atoms with Crippen molar-refractivity contribution in [1.29, 1.82) is 0 Å². The number of hydrogen-bond acceptors (Lipinski definition) is 2. The van der Waals surface area contributed by atoms with Gasteiger partial charge >= 0.3 is 0 Å². The minimum absolute atomic E-state index is 0.0959. The summed E-state index contributed by atoms with van der Waals surface area (Å²) in [5, 5.41) is 3.70. The maximum absolute atomic E-state index is 6.05. The third-order valence-electron chi connectivity index (χ3n) is 3.68. The van der Waals surface area contributed by atoms with Gasteiger partial charge in [-0.2, -0.15) is 0 Å². The Hall–Kier alpha value is -0.540. The molecule has 1 aliphatic carbocycles. The fourth-order valence-corrected chi connectivity index (χ4v) is 2.99. The van der Waals surface area contributed by atoms with Crippen LogP contribution in [0.3, 0.4) is 0 Å². The average molecular weight is 297 g/mol. The highest BCUT2D eigenvalue weighted by Gasteiger charge is 2.43.